The molecule has 0 N–H and O–H groups in total. The van der Waals surface area contributed by atoms with Crippen molar-refractivity contribution in [3.63, 3.8) is 0 Å². The van der Waals surface area contributed by atoms with Crippen molar-refractivity contribution >= 4 is 29.1 Å². The molecule has 1 amide bonds. The van der Waals surface area contributed by atoms with Crippen LogP contribution >= 0.6 is 23.2 Å². The molecule has 2 nitrogen and oxygen atoms in total. The van der Waals surface area contributed by atoms with Crippen molar-refractivity contribution in [1.29, 1.82) is 0 Å². The molecular formula is C10H15Cl2NO. The van der Waals surface area contributed by atoms with E-state index < -0.39 is 0 Å². The number of rotatable bonds is 5. The van der Waals surface area contributed by atoms with E-state index >= 15 is 0 Å². The van der Waals surface area contributed by atoms with Crippen molar-refractivity contribution in [2.24, 2.45) is 0 Å². The third-order valence-corrected chi connectivity index (χ3v) is 3.12. The van der Waals surface area contributed by atoms with Crippen molar-refractivity contribution in [3.05, 3.63) is 10.1 Å². The number of amides is 1. The van der Waals surface area contributed by atoms with Crippen LogP contribution in [0.15, 0.2) is 10.1 Å². The highest BCUT2D eigenvalue weighted by molar-refractivity contribution is 6.49. The average Bonchev–Trinajstić information content (AvgIpc) is 2.41. The normalized spacial score (nSPS) is 17.1. The van der Waals surface area contributed by atoms with E-state index in [2.05, 4.69) is 6.92 Å². The maximum absolute atomic E-state index is 11.4. The van der Waals surface area contributed by atoms with Crippen molar-refractivity contribution in [3.8, 4) is 0 Å². The van der Waals surface area contributed by atoms with Crippen molar-refractivity contribution < 1.29 is 4.79 Å². The third kappa shape index (κ3) is 2.89. The van der Waals surface area contributed by atoms with Crippen LogP contribution in [0, 0.1) is 0 Å². The van der Waals surface area contributed by atoms with Crippen LogP contribution in [0.5, 0.6) is 0 Å². The second-order valence-electron chi connectivity index (χ2n) is 3.51. The van der Waals surface area contributed by atoms with Gasteiger partial charge >= 0.3 is 0 Å². The first kappa shape index (κ1) is 11.9. The van der Waals surface area contributed by atoms with Gasteiger partial charge in [0.15, 0.2) is 0 Å². The van der Waals surface area contributed by atoms with Crippen LogP contribution in [0.3, 0.4) is 0 Å². The summed E-state index contributed by atoms with van der Waals surface area (Å²) >= 11 is 11.5. The molecular weight excluding hydrogens is 221 g/mol. The van der Waals surface area contributed by atoms with E-state index in [0.717, 1.165) is 19.4 Å². The molecule has 0 saturated carbocycles. The number of nitrogens with zero attached hydrogens (tertiary/aromatic N) is 1. The summed E-state index contributed by atoms with van der Waals surface area (Å²) < 4.78 is 0. The fraction of sp³-hybridized carbons (Fsp3) is 0.700. The minimum absolute atomic E-state index is 0.117. The van der Waals surface area contributed by atoms with Crippen LogP contribution in [0.4, 0.5) is 0 Å². The summed E-state index contributed by atoms with van der Waals surface area (Å²) in [4.78, 5) is 13.1. The predicted molar refractivity (Wildman–Crippen MR) is 59.5 cm³/mol. The Morgan fingerprint density at radius 1 is 1.29 bits per heavy atom. The van der Waals surface area contributed by atoms with Gasteiger partial charge in [-0.05, 0) is 6.42 Å². The SMILES string of the molecule is CCCCCCN1CC(Cl)=C(Cl)C1=O. The fourth-order valence-corrected chi connectivity index (χ4v) is 1.88. The van der Waals surface area contributed by atoms with Gasteiger partial charge in [-0.25, -0.2) is 0 Å². The zero-order valence-electron chi connectivity index (χ0n) is 8.35. The maximum Gasteiger partial charge on any atom is 0.266 e. The Bertz CT molecular complexity index is 251. The number of hydrogen-bond acceptors (Lipinski definition) is 1. The molecule has 80 valence electrons. The maximum atomic E-state index is 11.4. The summed E-state index contributed by atoms with van der Waals surface area (Å²) in [5.74, 6) is -0.117. The zero-order chi connectivity index (χ0) is 10.6. The molecule has 0 radical (unpaired) electrons. The molecule has 0 saturated heterocycles. The van der Waals surface area contributed by atoms with Crippen LogP contribution in [-0.2, 0) is 4.79 Å². The second-order valence-corrected chi connectivity index (χ2v) is 4.34. The summed E-state index contributed by atoms with van der Waals surface area (Å²) in [5.41, 5.74) is 0. The van der Waals surface area contributed by atoms with E-state index in [4.69, 9.17) is 23.2 Å². The molecule has 1 aliphatic rings. The quantitative estimate of drug-likeness (QED) is 0.671. The molecule has 0 bridgehead atoms. The van der Waals surface area contributed by atoms with Crippen LogP contribution in [0.25, 0.3) is 0 Å². The van der Waals surface area contributed by atoms with E-state index in [1.807, 2.05) is 0 Å². The number of unbranched alkanes of at least 4 members (excludes halogenated alkanes) is 3. The van der Waals surface area contributed by atoms with Crippen molar-refractivity contribution in [2.45, 2.75) is 32.6 Å². The van der Waals surface area contributed by atoms with Crippen LogP contribution in [0.2, 0.25) is 0 Å². The minimum atomic E-state index is -0.117. The van der Waals surface area contributed by atoms with Gasteiger partial charge in [-0.2, -0.15) is 0 Å². The Hall–Kier alpha value is -0.210. The molecule has 0 atom stereocenters. The predicted octanol–water partition coefficient (Wildman–Crippen LogP) is 3.10. The number of carbonyl (C=O) groups excluding carboxylic acids is 1. The Kier molecular flexibility index (Phi) is 4.76. The Balaban J connectivity index is 2.26. The van der Waals surface area contributed by atoms with E-state index in [-0.39, 0.29) is 10.9 Å². The Labute approximate surface area is 94.9 Å². The molecule has 0 aromatic heterocycles. The molecule has 0 aliphatic carbocycles. The van der Waals surface area contributed by atoms with Crippen molar-refractivity contribution in [1.82, 2.24) is 4.90 Å². The molecule has 0 aromatic rings. The highest BCUT2D eigenvalue weighted by Gasteiger charge is 2.27. The molecule has 0 unspecified atom stereocenters. The number of halogens is 2. The van der Waals surface area contributed by atoms with E-state index in [0.29, 0.717) is 11.6 Å². The lowest BCUT2D eigenvalue weighted by Gasteiger charge is -2.15. The summed E-state index contributed by atoms with van der Waals surface area (Å²) in [6.07, 6.45) is 4.62. The average molecular weight is 236 g/mol. The monoisotopic (exact) mass is 235 g/mol. The first-order chi connectivity index (χ1) is 6.66. The molecule has 14 heavy (non-hydrogen) atoms. The molecule has 1 rings (SSSR count). The first-order valence-electron chi connectivity index (χ1n) is 5.00. The lowest BCUT2D eigenvalue weighted by Crippen LogP contribution is -2.27. The van der Waals surface area contributed by atoms with Gasteiger partial charge in [0.05, 0.1) is 11.6 Å². The summed E-state index contributed by atoms with van der Waals surface area (Å²) in [7, 11) is 0. The molecule has 0 fully saturated rings. The largest absolute Gasteiger partial charge is 0.333 e. The van der Waals surface area contributed by atoms with Gasteiger partial charge in [0.25, 0.3) is 5.91 Å². The standard InChI is InChI=1S/C10H15Cl2NO/c1-2-3-4-5-6-13-7-8(11)9(12)10(13)14/h2-7H2,1H3. The third-order valence-electron chi connectivity index (χ3n) is 2.32. The molecule has 0 aromatic carbocycles. The van der Waals surface area contributed by atoms with E-state index in [9.17, 15) is 4.79 Å². The smallest absolute Gasteiger partial charge is 0.266 e. The highest BCUT2D eigenvalue weighted by atomic mass is 35.5. The zero-order valence-corrected chi connectivity index (χ0v) is 9.87. The van der Waals surface area contributed by atoms with Gasteiger partial charge in [-0.15, -0.1) is 0 Å². The van der Waals surface area contributed by atoms with Gasteiger partial charge in [0.1, 0.15) is 5.03 Å². The van der Waals surface area contributed by atoms with Crippen molar-refractivity contribution in [2.75, 3.05) is 13.1 Å². The van der Waals surface area contributed by atoms with E-state index in [1.54, 1.807) is 4.90 Å². The first-order valence-corrected chi connectivity index (χ1v) is 5.75. The van der Waals surface area contributed by atoms with Crippen LogP contribution < -0.4 is 0 Å². The van der Waals surface area contributed by atoms with Gasteiger partial charge in [0, 0.05) is 6.54 Å². The number of hydrogen-bond donors (Lipinski definition) is 0. The fourth-order valence-electron chi connectivity index (χ4n) is 1.47. The van der Waals surface area contributed by atoms with Gasteiger partial charge in [-0.1, -0.05) is 49.4 Å². The summed E-state index contributed by atoms with van der Waals surface area (Å²) in [6, 6.07) is 0. The topological polar surface area (TPSA) is 20.3 Å². The number of carbonyl (C=O) groups is 1. The lowest BCUT2D eigenvalue weighted by atomic mass is 10.2. The van der Waals surface area contributed by atoms with Gasteiger partial charge < -0.3 is 4.90 Å². The van der Waals surface area contributed by atoms with Gasteiger partial charge in [0.2, 0.25) is 0 Å². The Morgan fingerprint density at radius 3 is 2.50 bits per heavy atom. The second kappa shape index (κ2) is 5.62. The molecule has 1 aliphatic heterocycles. The summed E-state index contributed by atoms with van der Waals surface area (Å²) in [5, 5.41) is 0.675. The lowest BCUT2D eigenvalue weighted by molar-refractivity contribution is -0.124. The van der Waals surface area contributed by atoms with Gasteiger partial charge in [-0.3, -0.25) is 4.79 Å². The van der Waals surface area contributed by atoms with Crippen LogP contribution in [0.1, 0.15) is 32.6 Å². The van der Waals surface area contributed by atoms with Crippen LogP contribution in [-0.4, -0.2) is 23.9 Å². The van der Waals surface area contributed by atoms with E-state index in [1.165, 1.54) is 12.8 Å². The molecule has 4 heteroatoms. The molecule has 1 heterocycles. The highest BCUT2D eigenvalue weighted by Crippen LogP contribution is 2.25. The Morgan fingerprint density at radius 2 is 2.00 bits per heavy atom. The summed E-state index contributed by atoms with van der Waals surface area (Å²) in [6.45, 7) is 3.42. The minimum Gasteiger partial charge on any atom is -0.333 e. The molecule has 0 spiro atoms.